The molecule has 0 fully saturated rings. The summed E-state index contributed by atoms with van der Waals surface area (Å²) in [5.41, 5.74) is 5.16. The highest BCUT2D eigenvalue weighted by Gasteiger charge is 2.19. The molecule has 0 saturated heterocycles. The Hall–Kier alpha value is -2.62. The van der Waals surface area contributed by atoms with Gasteiger partial charge >= 0.3 is 6.01 Å². The number of nitrogens with zero attached hydrogens (tertiary/aromatic N) is 3. The highest BCUT2D eigenvalue weighted by Crippen LogP contribution is 2.33. The van der Waals surface area contributed by atoms with E-state index in [4.69, 9.17) is 14.7 Å². The fourth-order valence-corrected chi connectivity index (χ4v) is 3.36. The van der Waals surface area contributed by atoms with Crippen LogP contribution < -0.4 is 4.74 Å². The molecule has 4 nitrogen and oxygen atoms in total. The molecule has 1 atom stereocenters. The molecule has 2 heterocycles. The zero-order chi connectivity index (χ0) is 21.6. The van der Waals surface area contributed by atoms with Gasteiger partial charge < -0.3 is 4.74 Å². The Kier molecular flexibility index (Phi) is 8.00. The molecule has 0 spiro atoms. The van der Waals surface area contributed by atoms with E-state index in [1.165, 1.54) is 5.56 Å². The highest BCUT2D eigenvalue weighted by molar-refractivity contribution is 5.99. The van der Waals surface area contributed by atoms with Crippen molar-refractivity contribution in [3.05, 3.63) is 48.0 Å². The van der Waals surface area contributed by atoms with Gasteiger partial charge in [0.2, 0.25) is 0 Å². The number of hydrogen-bond acceptors (Lipinski definition) is 3. The average Bonchev–Trinajstić information content (AvgIpc) is 3.15. The Morgan fingerprint density at radius 2 is 1.52 bits per heavy atom. The molecule has 4 rings (SSSR count). The van der Waals surface area contributed by atoms with Gasteiger partial charge in [0.15, 0.2) is 5.65 Å². The highest BCUT2D eigenvalue weighted by atomic mass is 16.5. The fraction of sp³-hybridized carbons (Fsp3) is 0.440. The maximum absolute atomic E-state index is 6.04. The van der Waals surface area contributed by atoms with Gasteiger partial charge in [0.05, 0.1) is 22.7 Å². The number of benzene rings is 2. The maximum Gasteiger partial charge on any atom is 0.303 e. The molecular weight excluding hydrogens is 358 g/mol. The molecule has 1 unspecified atom stereocenters. The van der Waals surface area contributed by atoms with E-state index < -0.39 is 0 Å². The monoisotopic (exact) mass is 393 g/mol. The summed E-state index contributed by atoms with van der Waals surface area (Å²) in [5, 5.41) is 1.13. The van der Waals surface area contributed by atoms with Crippen molar-refractivity contribution >= 4 is 27.6 Å². The molecule has 0 saturated carbocycles. The summed E-state index contributed by atoms with van der Waals surface area (Å²) in [5.74, 6) is 0.450. The van der Waals surface area contributed by atoms with Gasteiger partial charge in [0.25, 0.3) is 0 Å². The summed E-state index contributed by atoms with van der Waals surface area (Å²) in [7, 11) is 0. The van der Waals surface area contributed by atoms with Crippen LogP contribution in [-0.4, -0.2) is 20.5 Å². The zero-order valence-electron chi connectivity index (χ0n) is 19.2. The van der Waals surface area contributed by atoms with Gasteiger partial charge in [0, 0.05) is 5.39 Å². The lowest BCUT2D eigenvalue weighted by Crippen LogP contribution is -2.11. The molecule has 0 aliphatic carbocycles. The minimum absolute atomic E-state index is 0.0482. The van der Waals surface area contributed by atoms with Crippen LogP contribution in [0.3, 0.4) is 0 Å². The second kappa shape index (κ2) is 10.2. The molecule has 0 radical (unpaired) electrons. The fourth-order valence-electron chi connectivity index (χ4n) is 3.36. The third-order valence-electron chi connectivity index (χ3n) is 4.75. The minimum atomic E-state index is 0.0482. The van der Waals surface area contributed by atoms with Gasteiger partial charge in [-0.1, -0.05) is 65.8 Å². The van der Waals surface area contributed by atoms with Gasteiger partial charge in [-0.05, 0) is 49.9 Å². The van der Waals surface area contributed by atoms with Crippen molar-refractivity contribution in [3.8, 4) is 6.01 Å². The maximum atomic E-state index is 6.04. The molecule has 0 N–H and O–H groups in total. The number of fused-ring (bicyclic) bond motifs is 5. The average molecular weight is 394 g/mol. The molecule has 0 aliphatic heterocycles. The third-order valence-corrected chi connectivity index (χ3v) is 4.75. The van der Waals surface area contributed by atoms with Crippen molar-refractivity contribution in [2.24, 2.45) is 0 Å². The third kappa shape index (κ3) is 4.36. The summed E-state index contributed by atoms with van der Waals surface area (Å²) in [6.45, 7) is 16.5. The summed E-state index contributed by atoms with van der Waals surface area (Å²) in [6.07, 6.45) is 1.13. The van der Waals surface area contributed by atoms with Crippen LogP contribution >= 0.6 is 0 Å². The first-order valence-corrected chi connectivity index (χ1v) is 11.0. The van der Waals surface area contributed by atoms with Crippen molar-refractivity contribution in [1.29, 1.82) is 0 Å². The largest absolute Gasteiger partial charge is 0.462 e. The predicted octanol–water partition coefficient (Wildman–Crippen LogP) is 7.39. The molecule has 2 aromatic heterocycles. The summed E-state index contributed by atoms with van der Waals surface area (Å²) in [6, 6.07) is 15.1. The van der Waals surface area contributed by atoms with Crippen molar-refractivity contribution in [3.63, 3.8) is 0 Å². The first-order chi connectivity index (χ1) is 14.1. The van der Waals surface area contributed by atoms with Crippen LogP contribution in [0.4, 0.5) is 0 Å². The van der Waals surface area contributed by atoms with Gasteiger partial charge in [-0.3, -0.25) is 0 Å². The van der Waals surface area contributed by atoms with Crippen molar-refractivity contribution in [2.75, 3.05) is 0 Å². The lowest BCUT2D eigenvalue weighted by molar-refractivity contribution is 0.221. The lowest BCUT2D eigenvalue weighted by Gasteiger charge is -2.16. The molecule has 29 heavy (non-hydrogen) atoms. The number of ether oxygens (including phenoxy) is 1. The molecule has 0 aliphatic rings. The van der Waals surface area contributed by atoms with Crippen molar-refractivity contribution in [2.45, 2.75) is 73.8 Å². The van der Waals surface area contributed by atoms with E-state index in [0.29, 0.717) is 11.9 Å². The van der Waals surface area contributed by atoms with Crippen LogP contribution in [0.1, 0.15) is 73.3 Å². The van der Waals surface area contributed by atoms with Gasteiger partial charge in [-0.2, -0.15) is 4.98 Å². The second-order valence-corrected chi connectivity index (χ2v) is 6.87. The number of rotatable bonds is 4. The first-order valence-electron chi connectivity index (χ1n) is 11.0. The van der Waals surface area contributed by atoms with Crippen LogP contribution in [0.5, 0.6) is 6.01 Å². The predicted molar refractivity (Wildman–Crippen MR) is 125 cm³/mol. The van der Waals surface area contributed by atoms with E-state index >= 15 is 0 Å². The van der Waals surface area contributed by atoms with Crippen LogP contribution in [-0.2, 0) is 0 Å². The van der Waals surface area contributed by atoms with E-state index in [0.717, 1.165) is 34.0 Å². The molecule has 0 amide bonds. The lowest BCUT2D eigenvalue weighted by atomic mass is 9.95. The van der Waals surface area contributed by atoms with Crippen LogP contribution in [0.25, 0.3) is 27.6 Å². The van der Waals surface area contributed by atoms with Crippen LogP contribution in [0.2, 0.25) is 0 Å². The molecule has 156 valence electrons. The normalized spacial score (nSPS) is 11.8. The van der Waals surface area contributed by atoms with Gasteiger partial charge in [0.1, 0.15) is 0 Å². The number of para-hydroxylation sites is 2. The summed E-state index contributed by atoms with van der Waals surface area (Å²) < 4.78 is 8.10. The number of aromatic nitrogens is 3. The minimum Gasteiger partial charge on any atom is -0.462 e. The van der Waals surface area contributed by atoms with Crippen LogP contribution in [0.15, 0.2) is 42.5 Å². The standard InChI is InChI=1S/C21H23N3O.2C2H6/c1-5-14(4)15-9-8-11-17-19(15)20-22-16-10-6-7-12-18(16)24(20)21(23-17)25-13(2)3;2*1-2/h6-14H,5H2,1-4H3;2*1-2H3. The zero-order valence-corrected chi connectivity index (χ0v) is 19.2. The number of hydrogen-bond donors (Lipinski definition) is 0. The van der Waals surface area contributed by atoms with E-state index in [2.05, 4.69) is 36.4 Å². The second-order valence-electron chi connectivity index (χ2n) is 6.87. The molecule has 4 aromatic rings. The van der Waals surface area contributed by atoms with E-state index in [1.54, 1.807) is 0 Å². The van der Waals surface area contributed by atoms with Crippen molar-refractivity contribution in [1.82, 2.24) is 14.4 Å². The molecule has 4 heteroatoms. The van der Waals surface area contributed by atoms with E-state index in [9.17, 15) is 0 Å². The Bertz CT molecular complexity index is 1070. The quantitative estimate of drug-likeness (QED) is 0.363. The Balaban J connectivity index is 0.000000707. The first kappa shape index (κ1) is 22.7. The Morgan fingerprint density at radius 3 is 2.17 bits per heavy atom. The van der Waals surface area contributed by atoms with E-state index in [1.807, 2.05) is 65.8 Å². The van der Waals surface area contributed by atoms with Gasteiger partial charge in [-0.25, -0.2) is 9.38 Å². The molecule has 0 bridgehead atoms. The number of imidazole rings is 1. The van der Waals surface area contributed by atoms with Crippen molar-refractivity contribution < 1.29 is 4.74 Å². The Labute approximate surface area is 174 Å². The van der Waals surface area contributed by atoms with Crippen LogP contribution in [0, 0.1) is 0 Å². The smallest absolute Gasteiger partial charge is 0.303 e. The Morgan fingerprint density at radius 1 is 0.862 bits per heavy atom. The molecular formula is C25H35N3O. The topological polar surface area (TPSA) is 39.4 Å². The summed E-state index contributed by atoms with van der Waals surface area (Å²) >= 11 is 0. The SMILES string of the molecule is CC.CC.CCC(C)c1cccc2nc(OC(C)C)n3c4ccccc4nc3c12. The van der Waals surface area contributed by atoms with Gasteiger partial charge in [-0.15, -0.1) is 0 Å². The summed E-state index contributed by atoms with van der Waals surface area (Å²) in [4.78, 5) is 9.78. The van der Waals surface area contributed by atoms with E-state index in [-0.39, 0.29) is 6.10 Å². The molecule has 2 aromatic carbocycles.